The van der Waals surface area contributed by atoms with E-state index in [1.165, 1.54) is 16.7 Å². The van der Waals surface area contributed by atoms with Crippen LogP contribution < -0.4 is 5.73 Å². The van der Waals surface area contributed by atoms with Crippen LogP contribution in [0.4, 0.5) is 5.69 Å². The van der Waals surface area contributed by atoms with Crippen LogP contribution in [0.25, 0.3) is 0 Å². The van der Waals surface area contributed by atoms with Gasteiger partial charge in [-0.3, -0.25) is 0 Å². The van der Waals surface area contributed by atoms with Crippen molar-refractivity contribution in [2.75, 3.05) is 5.73 Å². The molecule has 0 spiro atoms. The Morgan fingerprint density at radius 1 is 1.11 bits per heavy atom. The maximum Gasteiger partial charge on any atom is 0.0562 e. The summed E-state index contributed by atoms with van der Waals surface area (Å²) in [5.41, 5.74) is 10.4. The molecule has 0 atom stereocenters. The summed E-state index contributed by atoms with van der Waals surface area (Å²) < 4.78 is 0. The number of thioether (sulfide) groups is 1. The molecule has 18 heavy (non-hydrogen) atoms. The van der Waals surface area contributed by atoms with E-state index in [-0.39, 0.29) is 0 Å². The molecule has 2 rings (SSSR count). The van der Waals surface area contributed by atoms with Crippen molar-refractivity contribution in [3.63, 3.8) is 0 Å². The van der Waals surface area contributed by atoms with Crippen molar-refractivity contribution in [1.29, 1.82) is 0 Å². The molecule has 0 unspecified atom stereocenters. The van der Waals surface area contributed by atoms with E-state index in [0.29, 0.717) is 5.69 Å². The van der Waals surface area contributed by atoms with Crippen LogP contribution in [0.5, 0.6) is 0 Å². The van der Waals surface area contributed by atoms with E-state index in [2.05, 4.69) is 32.0 Å². The lowest BCUT2D eigenvalue weighted by Crippen LogP contribution is -1.91. The minimum absolute atomic E-state index is 0.705. The lowest BCUT2D eigenvalue weighted by molar-refractivity contribution is 1.24. The Bertz CT molecular complexity index is 546. The summed E-state index contributed by atoms with van der Waals surface area (Å²) in [7, 11) is 0. The van der Waals surface area contributed by atoms with Crippen molar-refractivity contribution in [3.05, 3.63) is 58.1 Å². The second-order valence-corrected chi connectivity index (χ2v) is 5.77. The van der Waals surface area contributed by atoms with E-state index in [1.54, 1.807) is 17.8 Å². The predicted molar refractivity (Wildman–Crippen MR) is 81.3 cm³/mol. The summed E-state index contributed by atoms with van der Waals surface area (Å²) in [5, 5.41) is 0.728. The molecule has 2 aromatic rings. The number of rotatable bonds is 3. The van der Waals surface area contributed by atoms with Crippen LogP contribution >= 0.6 is 23.4 Å². The highest BCUT2D eigenvalue weighted by atomic mass is 35.5. The first-order valence-corrected chi connectivity index (χ1v) is 7.17. The highest BCUT2D eigenvalue weighted by Crippen LogP contribution is 2.32. The van der Waals surface area contributed by atoms with Crippen LogP contribution in [-0.2, 0) is 5.75 Å². The maximum atomic E-state index is 6.17. The molecule has 2 aromatic carbocycles. The number of nitrogen functional groups attached to an aromatic ring is 1. The van der Waals surface area contributed by atoms with E-state index in [4.69, 9.17) is 17.3 Å². The van der Waals surface area contributed by atoms with Gasteiger partial charge in [0.1, 0.15) is 0 Å². The Morgan fingerprint density at radius 2 is 1.78 bits per heavy atom. The van der Waals surface area contributed by atoms with E-state index in [0.717, 1.165) is 15.7 Å². The maximum absolute atomic E-state index is 6.17. The number of halogens is 1. The summed E-state index contributed by atoms with van der Waals surface area (Å²) in [6.07, 6.45) is 0. The molecule has 3 heteroatoms. The molecule has 0 fully saturated rings. The highest BCUT2D eigenvalue weighted by Gasteiger charge is 2.06. The third-order valence-electron chi connectivity index (χ3n) is 2.97. The zero-order chi connectivity index (χ0) is 13.1. The normalized spacial score (nSPS) is 10.6. The fraction of sp³-hybridized carbons (Fsp3) is 0.200. The zero-order valence-electron chi connectivity index (χ0n) is 10.5. The van der Waals surface area contributed by atoms with Crippen molar-refractivity contribution in [2.24, 2.45) is 0 Å². The standard InChI is InChI=1S/C15H16ClNS/c1-10-4-3-5-11(2)13(10)9-18-15-7-6-12(17)8-14(15)16/h3-8H,9,17H2,1-2H3. The molecular formula is C15H16ClNS. The lowest BCUT2D eigenvalue weighted by Gasteiger charge is -2.10. The number of anilines is 1. The smallest absolute Gasteiger partial charge is 0.0562 e. The Balaban J connectivity index is 2.16. The highest BCUT2D eigenvalue weighted by molar-refractivity contribution is 7.98. The number of benzene rings is 2. The number of nitrogens with two attached hydrogens (primary N) is 1. The average Bonchev–Trinajstić information content (AvgIpc) is 2.31. The Kier molecular flexibility index (Phi) is 4.20. The van der Waals surface area contributed by atoms with Crippen LogP contribution in [0.3, 0.4) is 0 Å². The lowest BCUT2D eigenvalue weighted by atomic mass is 10.1. The fourth-order valence-corrected chi connectivity index (χ4v) is 3.33. The van der Waals surface area contributed by atoms with Crippen LogP contribution in [0.1, 0.15) is 16.7 Å². The molecule has 94 valence electrons. The molecule has 0 aromatic heterocycles. The summed E-state index contributed by atoms with van der Waals surface area (Å²) in [6.45, 7) is 4.29. The van der Waals surface area contributed by atoms with Gasteiger partial charge in [-0.2, -0.15) is 0 Å². The Hall–Kier alpha value is -1.12. The summed E-state index contributed by atoms with van der Waals surface area (Å²) in [4.78, 5) is 1.08. The summed E-state index contributed by atoms with van der Waals surface area (Å²) in [5.74, 6) is 0.933. The van der Waals surface area contributed by atoms with Crippen LogP contribution in [0, 0.1) is 13.8 Å². The first kappa shape index (κ1) is 13.3. The SMILES string of the molecule is Cc1cccc(C)c1CSc1ccc(N)cc1Cl. The first-order valence-electron chi connectivity index (χ1n) is 5.81. The van der Waals surface area contributed by atoms with Crippen LogP contribution in [0.2, 0.25) is 5.02 Å². The summed E-state index contributed by atoms with van der Waals surface area (Å²) in [6, 6.07) is 12.1. The van der Waals surface area contributed by atoms with Crippen molar-refractivity contribution in [2.45, 2.75) is 24.5 Å². The van der Waals surface area contributed by atoms with E-state index < -0.39 is 0 Å². The minimum Gasteiger partial charge on any atom is -0.399 e. The molecule has 1 nitrogen and oxygen atoms in total. The van der Waals surface area contributed by atoms with Crippen LogP contribution in [-0.4, -0.2) is 0 Å². The van der Waals surface area contributed by atoms with Gasteiger partial charge in [-0.25, -0.2) is 0 Å². The van der Waals surface area contributed by atoms with Crippen molar-refractivity contribution in [3.8, 4) is 0 Å². The van der Waals surface area contributed by atoms with Gasteiger partial charge in [0.2, 0.25) is 0 Å². The Labute approximate surface area is 117 Å². The molecule has 2 N–H and O–H groups in total. The topological polar surface area (TPSA) is 26.0 Å². The average molecular weight is 278 g/mol. The Morgan fingerprint density at radius 3 is 2.39 bits per heavy atom. The van der Waals surface area contributed by atoms with Crippen molar-refractivity contribution >= 4 is 29.1 Å². The molecule has 0 amide bonds. The molecule has 0 saturated carbocycles. The molecule has 0 saturated heterocycles. The van der Waals surface area contributed by atoms with Gasteiger partial charge < -0.3 is 5.73 Å². The molecule has 0 heterocycles. The zero-order valence-corrected chi connectivity index (χ0v) is 12.1. The molecule has 0 aliphatic rings. The largest absolute Gasteiger partial charge is 0.399 e. The third kappa shape index (κ3) is 3.01. The van der Waals surface area contributed by atoms with Crippen molar-refractivity contribution in [1.82, 2.24) is 0 Å². The first-order chi connectivity index (χ1) is 8.58. The number of hydrogen-bond donors (Lipinski definition) is 1. The number of aryl methyl sites for hydroxylation is 2. The predicted octanol–water partition coefficient (Wildman–Crippen LogP) is 4.83. The molecule has 0 aliphatic heterocycles. The van der Waals surface area contributed by atoms with Gasteiger partial charge in [0.15, 0.2) is 0 Å². The van der Waals surface area contributed by atoms with E-state index >= 15 is 0 Å². The van der Waals surface area contributed by atoms with Gasteiger partial charge in [0.05, 0.1) is 5.02 Å². The number of hydrogen-bond acceptors (Lipinski definition) is 2. The minimum atomic E-state index is 0.705. The van der Waals surface area contributed by atoms with Gasteiger partial charge in [-0.15, -0.1) is 11.8 Å². The summed E-state index contributed by atoms with van der Waals surface area (Å²) >= 11 is 7.92. The van der Waals surface area contributed by atoms with E-state index in [1.807, 2.05) is 12.1 Å². The van der Waals surface area contributed by atoms with E-state index in [9.17, 15) is 0 Å². The molecule has 0 radical (unpaired) electrons. The quantitative estimate of drug-likeness (QED) is 0.642. The third-order valence-corrected chi connectivity index (χ3v) is 4.50. The molecular weight excluding hydrogens is 262 g/mol. The molecule has 0 aliphatic carbocycles. The van der Waals surface area contributed by atoms with Gasteiger partial charge in [-0.1, -0.05) is 29.8 Å². The second kappa shape index (κ2) is 5.68. The van der Waals surface area contributed by atoms with Gasteiger partial charge >= 0.3 is 0 Å². The monoisotopic (exact) mass is 277 g/mol. The van der Waals surface area contributed by atoms with Crippen molar-refractivity contribution < 1.29 is 0 Å². The second-order valence-electron chi connectivity index (χ2n) is 4.35. The molecule has 0 bridgehead atoms. The van der Waals surface area contributed by atoms with Crippen LogP contribution in [0.15, 0.2) is 41.3 Å². The van der Waals surface area contributed by atoms with Gasteiger partial charge in [-0.05, 0) is 48.7 Å². The van der Waals surface area contributed by atoms with Gasteiger partial charge in [0.25, 0.3) is 0 Å². The van der Waals surface area contributed by atoms with Gasteiger partial charge in [0, 0.05) is 16.3 Å². The fourth-order valence-electron chi connectivity index (χ4n) is 1.86.